The van der Waals surface area contributed by atoms with Gasteiger partial charge in [0.2, 0.25) is 0 Å². The minimum Gasteiger partial charge on any atom is -0.325 e. The molecule has 2 N–H and O–H groups in total. The van der Waals surface area contributed by atoms with E-state index in [1.807, 2.05) is 12.4 Å². The summed E-state index contributed by atoms with van der Waals surface area (Å²) < 4.78 is 1.04. The van der Waals surface area contributed by atoms with Crippen molar-refractivity contribution in [3.63, 3.8) is 0 Å². The number of nitrogens with two attached hydrogens (primary N) is 1. The number of halogens is 1. The molecule has 0 aromatic carbocycles. The first-order valence-corrected chi connectivity index (χ1v) is 8.14. The van der Waals surface area contributed by atoms with Gasteiger partial charge in [-0.3, -0.25) is 4.98 Å². The Bertz CT molecular complexity index is 419. The van der Waals surface area contributed by atoms with E-state index in [2.05, 4.69) is 40.8 Å². The van der Waals surface area contributed by atoms with Gasteiger partial charge in [0.05, 0.1) is 0 Å². The fourth-order valence-electron chi connectivity index (χ4n) is 3.51. The van der Waals surface area contributed by atoms with Crippen molar-refractivity contribution >= 4 is 15.9 Å². The van der Waals surface area contributed by atoms with Gasteiger partial charge in [-0.05, 0) is 65.1 Å². The molecule has 1 aliphatic rings. The van der Waals surface area contributed by atoms with Crippen LogP contribution in [-0.4, -0.2) is 10.5 Å². The molecule has 2 atom stereocenters. The van der Waals surface area contributed by atoms with E-state index in [-0.39, 0.29) is 5.54 Å². The molecule has 1 aromatic rings. The summed E-state index contributed by atoms with van der Waals surface area (Å²) in [7, 11) is 0. The molecular formula is C16H25BrN2. The summed E-state index contributed by atoms with van der Waals surface area (Å²) in [6.45, 7) is 4.62. The molecular weight excluding hydrogens is 300 g/mol. The van der Waals surface area contributed by atoms with E-state index >= 15 is 0 Å². The predicted octanol–water partition coefficient (Wildman–Crippen LogP) is 4.32. The quantitative estimate of drug-likeness (QED) is 0.895. The van der Waals surface area contributed by atoms with Crippen LogP contribution >= 0.6 is 15.9 Å². The van der Waals surface area contributed by atoms with Gasteiger partial charge >= 0.3 is 0 Å². The van der Waals surface area contributed by atoms with E-state index < -0.39 is 0 Å². The van der Waals surface area contributed by atoms with Crippen LogP contribution in [0.5, 0.6) is 0 Å². The first-order valence-electron chi connectivity index (χ1n) is 7.35. The van der Waals surface area contributed by atoms with E-state index in [1.165, 1.54) is 24.8 Å². The topological polar surface area (TPSA) is 38.9 Å². The zero-order chi connectivity index (χ0) is 13.9. The third kappa shape index (κ3) is 4.57. The third-order valence-corrected chi connectivity index (χ3v) is 4.54. The molecule has 0 aliphatic heterocycles. The summed E-state index contributed by atoms with van der Waals surface area (Å²) in [5.74, 6) is 1.58. The van der Waals surface area contributed by atoms with Crippen LogP contribution < -0.4 is 5.73 Å². The van der Waals surface area contributed by atoms with Gasteiger partial charge in [-0.25, -0.2) is 0 Å². The van der Waals surface area contributed by atoms with Crippen LogP contribution in [0.4, 0.5) is 0 Å². The number of hydrogen-bond donors (Lipinski definition) is 1. The molecule has 1 fully saturated rings. The van der Waals surface area contributed by atoms with Crippen LogP contribution in [0.25, 0.3) is 0 Å². The highest BCUT2D eigenvalue weighted by Crippen LogP contribution is 2.36. The number of aromatic nitrogens is 1. The molecule has 1 heterocycles. The minimum atomic E-state index is -0.0275. The van der Waals surface area contributed by atoms with Crippen molar-refractivity contribution in [2.24, 2.45) is 17.6 Å². The molecule has 3 heteroatoms. The summed E-state index contributed by atoms with van der Waals surface area (Å²) in [5, 5.41) is 0. The molecule has 106 valence electrons. The number of hydrogen-bond acceptors (Lipinski definition) is 2. The average Bonchev–Trinajstić information content (AvgIpc) is 2.27. The maximum Gasteiger partial charge on any atom is 0.0410 e. The van der Waals surface area contributed by atoms with E-state index in [9.17, 15) is 0 Å². The Hall–Kier alpha value is -0.410. The van der Waals surface area contributed by atoms with Crippen LogP contribution in [0.2, 0.25) is 0 Å². The standard InChI is InChI=1S/C16H25BrN2/c1-12(2)6-13-4-3-5-16(18,8-13)9-14-7-15(17)11-19-10-14/h7,10-13H,3-6,8-9,18H2,1-2H3. The first-order chi connectivity index (χ1) is 8.97. The minimum absolute atomic E-state index is 0.0275. The van der Waals surface area contributed by atoms with Gasteiger partial charge in [0, 0.05) is 22.4 Å². The number of nitrogens with zero attached hydrogens (tertiary/aromatic N) is 1. The highest BCUT2D eigenvalue weighted by atomic mass is 79.9. The molecule has 0 radical (unpaired) electrons. The molecule has 19 heavy (non-hydrogen) atoms. The van der Waals surface area contributed by atoms with Crippen molar-refractivity contribution in [1.29, 1.82) is 0 Å². The lowest BCUT2D eigenvalue weighted by molar-refractivity contribution is 0.200. The lowest BCUT2D eigenvalue weighted by Gasteiger charge is -2.39. The largest absolute Gasteiger partial charge is 0.325 e. The summed E-state index contributed by atoms with van der Waals surface area (Å²) in [6, 6.07) is 2.15. The van der Waals surface area contributed by atoms with E-state index in [0.717, 1.165) is 35.6 Å². The molecule has 0 spiro atoms. The number of rotatable bonds is 4. The Kier molecular flexibility index (Phi) is 5.02. The van der Waals surface area contributed by atoms with Crippen LogP contribution in [0.1, 0.15) is 51.5 Å². The lowest BCUT2D eigenvalue weighted by atomic mass is 9.71. The van der Waals surface area contributed by atoms with Crippen LogP contribution in [0.15, 0.2) is 22.9 Å². The fourth-order valence-corrected chi connectivity index (χ4v) is 3.92. The molecule has 1 aliphatic carbocycles. The molecule has 2 rings (SSSR count). The molecule has 2 nitrogen and oxygen atoms in total. The van der Waals surface area contributed by atoms with Crippen molar-refractivity contribution in [2.75, 3.05) is 0 Å². The van der Waals surface area contributed by atoms with Crippen molar-refractivity contribution in [3.05, 3.63) is 28.5 Å². The summed E-state index contributed by atoms with van der Waals surface area (Å²) in [4.78, 5) is 4.25. The zero-order valence-corrected chi connectivity index (χ0v) is 13.6. The molecule has 0 saturated heterocycles. The highest BCUT2D eigenvalue weighted by molar-refractivity contribution is 9.10. The van der Waals surface area contributed by atoms with Crippen LogP contribution in [-0.2, 0) is 6.42 Å². The maximum absolute atomic E-state index is 6.66. The lowest BCUT2D eigenvalue weighted by Crippen LogP contribution is -2.46. The van der Waals surface area contributed by atoms with Crippen molar-refractivity contribution < 1.29 is 0 Å². The summed E-state index contributed by atoms with van der Waals surface area (Å²) in [6.07, 6.45) is 11.0. The van der Waals surface area contributed by atoms with Gasteiger partial charge in [0.1, 0.15) is 0 Å². The van der Waals surface area contributed by atoms with Gasteiger partial charge in [-0.15, -0.1) is 0 Å². The van der Waals surface area contributed by atoms with E-state index in [0.29, 0.717) is 0 Å². The fraction of sp³-hybridized carbons (Fsp3) is 0.688. The van der Waals surface area contributed by atoms with E-state index in [4.69, 9.17) is 5.73 Å². The Morgan fingerprint density at radius 1 is 1.47 bits per heavy atom. The van der Waals surface area contributed by atoms with Crippen molar-refractivity contribution in [1.82, 2.24) is 4.98 Å². The molecule has 0 bridgehead atoms. The second kappa shape index (κ2) is 6.36. The molecule has 1 saturated carbocycles. The number of pyridine rings is 1. The normalized spacial score (nSPS) is 27.7. The SMILES string of the molecule is CC(C)CC1CCCC(N)(Cc2cncc(Br)c2)C1. The van der Waals surface area contributed by atoms with Gasteiger partial charge in [0.15, 0.2) is 0 Å². The Balaban J connectivity index is 2.01. The smallest absolute Gasteiger partial charge is 0.0410 e. The third-order valence-electron chi connectivity index (χ3n) is 4.10. The van der Waals surface area contributed by atoms with Crippen LogP contribution in [0, 0.1) is 11.8 Å². The van der Waals surface area contributed by atoms with Gasteiger partial charge < -0.3 is 5.73 Å². The average molecular weight is 325 g/mol. The van der Waals surface area contributed by atoms with E-state index in [1.54, 1.807) is 0 Å². The second-order valence-corrected chi connectivity index (χ2v) is 7.56. The molecule has 0 amide bonds. The van der Waals surface area contributed by atoms with Gasteiger partial charge in [-0.1, -0.05) is 26.7 Å². The van der Waals surface area contributed by atoms with Gasteiger partial charge in [0.25, 0.3) is 0 Å². The van der Waals surface area contributed by atoms with Crippen LogP contribution in [0.3, 0.4) is 0 Å². The Labute approximate surface area is 125 Å². The molecule has 1 aromatic heterocycles. The van der Waals surface area contributed by atoms with Crippen molar-refractivity contribution in [2.45, 2.75) is 57.9 Å². The first kappa shape index (κ1) is 15.0. The summed E-state index contributed by atoms with van der Waals surface area (Å²) >= 11 is 3.49. The van der Waals surface area contributed by atoms with Crippen molar-refractivity contribution in [3.8, 4) is 0 Å². The predicted molar refractivity (Wildman–Crippen MR) is 84.0 cm³/mol. The Morgan fingerprint density at radius 3 is 2.95 bits per heavy atom. The summed E-state index contributed by atoms with van der Waals surface area (Å²) in [5.41, 5.74) is 7.89. The maximum atomic E-state index is 6.66. The molecule has 2 unspecified atom stereocenters. The Morgan fingerprint density at radius 2 is 2.26 bits per heavy atom. The highest BCUT2D eigenvalue weighted by Gasteiger charge is 2.33. The van der Waals surface area contributed by atoms with Gasteiger partial charge in [-0.2, -0.15) is 0 Å². The zero-order valence-electron chi connectivity index (χ0n) is 12.0. The second-order valence-electron chi connectivity index (χ2n) is 6.64. The monoisotopic (exact) mass is 324 g/mol.